The number of ether oxygens (including phenoxy) is 2. The van der Waals surface area contributed by atoms with Gasteiger partial charge in [-0.2, -0.15) is 0 Å². The lowest BCUT2D eigenvalue weighted by Gasteiger charge is -2.28. The Labute approximate surface area is 162 Å². The van der Waals surface area contributed by atoms with Gasteiger partial charge in [0.25, 0.3) is 0 Å². The summed E-state index contributed by atoms with van der Waals surface area (Å²) in [5, 5.41) is 5.67. The fraction of sp³-hybridized carbons (Fsp3) is 0.316. The highest BCUT2D eigenvalue weighted by Gasteiger charge is 2.31. The Kier molecular flexibility index (Phi) is 7.43. The van der Waals surface area contributed by atoms with E-state index in [4.69, 9.17) is 21.1 Å². The van der Waals surface area contributed by atoms with E-state index >= 15 is 0 Å². The molecule has 0 aromatic heterocycles. The number of halogens is 1. The zero-order valence-electron chi connectivity index (χ0n) is 15.1. The summed E-state index contributed by atoms with van der Waals surface area (Å²) >= 11 is 6.02. The number of benzene rings is 1. The Morgan fingerprint density at radius 3 is 2.63 bits per heavy atom. The van der Waals surface area contributed by atoms with Gasteiger partial charge >= 0.3 is 18.0 Å². The fourth-order valence-electron chi connectivity index (χ4n) is 2.54. The molecule has 0 fully saturated rings. The number of nitrogens with one attached hydrogen (secondary N) is 2. The van der Waals surface area contributed by atoms with Crippen molar-refractivity contribution in [3.05, 3.63) is 52.2 Å². The topological polar surface area (TPSA) is 93.7 Å². The summed E-state index contributed by atoms with van der Waals surface area (Å²) in [6, 6.07) is 6.07. The van der Waals surface area contributed by atoms with Gasteiger partial charge in [0, 0.05) is 11.1 Å². The van der Waals surface area contributed by atoms with E-state index in [2.05, 4.69) is 10.6 Å². The molecule has 1 atom stereocenters. The molecular formula is C19H21ClN2O5. The van der Waals surface area contributed by atoms with Crippen LogP contribution in [-0.2, 0) is 19.1 Å². The normalized spacial score (nSPS) is 16.7. The third-order valence-electron chi connectivity index (χ3n) is 3.81. The van der Waals surface area contributed by atoms with Crippen LogP contribution in [0.2, 0.25) is 5.02 Å². The number of carbonyl (C=O) groups is 3. The average molecular weight is 393 g/mol. The molecular weight excluding hydrogens is 372 g/mol. The predicted molar refractivity (Wildman–Crippen MR) is 101 cm³/mol. The smallest absolute Gasteiger partial charge is 0.338 e. The van der Waals surface area contributed by atoms with Gasteiger partial charge < -0.3 is 20.1 Å². The molecule has 144 valence electrons. The minimum atomic E-state index is -0.633. The van der Waals surface area contributed by atoms with Crippen LogP contribution in [0, 0.1) is 0 Å². The molecule has 8 heteroatoms. The molecule has 1 aliphatic rings. The van der Waals surface area contributed by atoms with Crippen molar-refractivity contribution >= 4 is 35.6 Å². The standard InChI is InChI=1S/C19H21ClN2O5/c1-3-14-17(18(24)26-4-2)15(22-19(25)21-14)11-27-16(23)10-9-12-7-5-6-8-13(12)20/h5-10,14H,3-4,11H2,1-2H3,(H2,21,22,25)/b10-9+/t14-/m0/s1. The zero-order chi connectivity index (χ0) is 19.8. The molecule has 0 radical (unpaired) electrons. The highest BCUT2D eigenvalue weighted by atomic mass is 35.5. The van der Waals surface area contributed by atoms with Gasteiger partial charge in [0.1, 0.15) is 6.61 Å². The Bertz CT molecular complexity index is 788. The number of esters is 2. The van der Waals surface area contributed by atoms with Crippen molar-refractivity contribution in [3.63, 3.8) is 0 Å². The van der Waals surface area contributed by atoms with Crippen LogP contribution >= 0.6 is 11.6 Å². The van der Waals surface area contributed by atoms with Crippen molar-refractivity contribution < 1.29 is 23.9 Å². The number of urea groups is 1. The van der Waals surface area contributed by atoms with Gasteiger partial charge in [-0.25, -0.2) is 14.4 Å². The molecule has 0 spiro atoms. The van der Waals surface area contributed by atoms with Crippen LogP contribution in [0.5, 0.6) is 0 Å². The van der Waals surface area contributed by atoms with E-state index in [0.29, 0.717) is 17.0 Å². The van der Waals surface area contributed by atoms with Crippen molar-refractivity contribution in [1.29, 1.82) is 0 Å². The maximum atomic E-state index is 12.2. The lowest BCUT2D eigenvalue weighted by Crippen LogP contribution is -2.51. The van der Waals surface area contributed by atoms with Crippen LogP contribution < -0.4 is 10.6 Å². The van der Waals surface area contributed by atoms with E-state index in [1.807, 2.05) is 6.92 Å². The molecule has 1 aliphatic heterocycles. The molecule has 1 heterocycles. The van der Waals surface area contributed by atoms with E-state index in [0.717, 1.165) is 0 Å². The summed E-state index contributed by atoms with van der Waals surface area (Å²) in [5.41, 5.74) is 1.13. The first-order valence-electron chi connectivity index (χ1n) is 8.53. The van der Waals surface area contributed by atoms with E-state index in [-0.39, 0.29) is 24.5 Å². The molecule has 1 aromatic carbocycles. The average Bonchev–Trinajstić information content (AvgIpc) is 2.65. The van der Waals surface area contributed by atoms with Gasteiger partial charge in [-0.1, -0.05) is 36.7 Å². The SMILES string of the molecule is CCOC(=O)C1=C(COC(=O)/C=C/c2ccccc2Cl)NC(=O)N[C@H]1CC. The third-order valence-corrected chi connectivity index (χ3v) is 4.15. The molecule has 0 bridgehead atoms. The molecule has 7 nitrogen and oxygen atoms in total. The van der Waals surface area contributed by atoms with Crippen LogP contribution in [0.3, 0.4) is 0 Å². The highest BCUT2D eigenvalue weighted by molar-refractivity contribution is 6.32. The minimum Gasteiger partial charge on any atom is -0.463 e. The molecule has 0 aliphatic carbocycles. The number of carbonyl (C=O) groups excluding carboxylic acids is 3. The van der Waals surface area contributed by atoms with Crippen molar-refractivity contribution in [2.45, 2.75) is 26.3 Å². The predicted octanol–water partition coefficient (Wildman–Crippen LogP) is 2.81. The summed E-state index contributed by atoms with van der Waals surface area (Å²) < 4.78 is 10.2. The maximum Gasteiger partial charge on any atom is 0.338 e. The summed E-state index contributed by atoms with van der Waals surface area (Å²) in [6.07, 6.45) is 3.25. The number of hydrogen-bond acceptors (Lipinski definition) is 5. The molecule has 2 rings (SSSR count). The van der Waals surface area contributed by atoms with Gasteiger partial charge in [-0.15, -0.1) is 0 Å². The Morgan fingerprint density at radius 1 is 1.22 bits per heavy atom. The number of hydrogen-bond donors (Lipinski definition) is 2. The van der Waals surface area contributed by atoms with Gasteiger partial charge in [0.2, 0.25) is 0 Å². The van der Waals surface area contributed by atoms with Crippen LogP contribution in [0.4, 0.5) is 4.79 Å². The molecule has 2 N–H and O–H groups in total. The Balaban J connectivity index is 2.11. The first-order chi connectivity index (χ1) is 13.0. The van der Waals surface area contributed by atoms with E-state index in [1.54, 1.807) is 31.2 Å². The van der Waals surface area contributed by atoms with E-state index < -0.39 is 24.0 Å². The largest absolute Gasteiger partial charge is 0.463 e. The van der Waals surface area contributed by atoms with Crippen molar-refractivity contribution in [2.24, 2.45) is 0 Å². The summed E-state index contributed by atoms with van der Waals surface area (Å²) in [6.45, 7) is 3.45. The van der Waals surface area contributed by atoms with Gasteiger partial charge in [-0.05, 0) is 31.1 Å². The molecule has 0 saturated carbocycles. The van der Waals surface area contributed by atoms with Crippen molar-refractivity contribution in [1.82, 2.24) is 10.6 Å². The lowest BCUT2D eigenvalue weighted by atomic mass is 10.0. The summed E-state index contributed by atoms with van der Waals surface area (Å²) in [7, 11) is 0. The summed E-state index contributed by atoms with van der Waals surface area (Å²) in [5.74, 6) is -1.19. The van der Waals surface area contributed by atoms with E-state index in [9.17, 15) is 14.4 Å². The van der Waals surface area contributed by atoms with Gasteiger partial charge in [-0.3, -0.25) is 0 Å². The molecule has 27 heavy (non-hydrogen) atoms. The summed E-state index contributed by atoms with van der Waals surface area (Å²) in [4.78, 5) is 36.0. The number of rotatable bonds is 7. The first-order valence-corrected chi connectivity index (χ1v) is 8.91. The Morgan fingerprint density at radius 2 is 1.96 bits per heavy atom. The second-order valence-corrected chi connectivity index (χ2v) is 6.04. The first kappa shape index (κ1) is 20.5. The van der Waals surface area contributed by atoms with Crippen molar-refractivity contribution in [3.8, 4) is 0 Å². The van der Waals surface area contributed by atoms with Gasteiger partial charge in [0.05, 0.1) is 23.9 Å². The Hall–Kier alpha value is -2.80. The molecule has 2 amide bonds. The van der Waals surface area contributed by atoms with Gasteiger partial charge in [0.15, 0.2) is 0 Å². The van der Waals surface area contributed by atoms with Crippen LogP contribution in [0.25, 0.3) is 6.08 Å². The second kappa shape index (κ2) is 9.78. The fourth-order valence-corrected chi connectivity index (χ4v) is 2.73. The molecule has 1 aromatic rings. The lowest BCUT2D eigenvalue weighted by molar-refractivity contribution is -0.140. The van der Waals surface area contributed by atoms with Crippen LogP contribution in [0.15, 0.2) is 41.6 Å². The highest BCUT2D eigenvalue weighted by Crippen LogP contribution is 2.18. The zero-order valence-corrected chi connectivity index (χ0v) is 15.8. The minimum absolute atomic E-state index is 0.195. The third kappa shape index (κ3) is 5.59. The molecule has 0 unspecified atom stereocenters. The van der Waals surface area contributed by atoms with Crippen LogP contribution in [-0.4, -0.2) is 37.2 Å². The number of amides is 2. The monoisotopic (exact) mass is 392 g/mol. The van der Waals surface area contributed by atoms with Crippen molar-refractivity contribution in [2.75, 3.05) is 13.2 Å². The van der Waals surface area contributed by atoms with Crippen LogP contribution in [0.1, 0.15) is 25.8 Å². The maximum absolute atomic E-state index is 12.2. The van der Waals surface area contributed by atoms with E-state index in [1.165, 1.54) is 12.2 Å². The quantitative estimate of drug-likeness (QED) is 0.549. The second-order valence-electron chi connectivity index (χ2n) is 5.63. The molecule has 0 saturated heterocycles.